The molecule has 1 N–H and O–H groups in total. The molecule has 0 saturated carbocycles. The van der Waals surface area contributed by atoms with Gasteiger partial charge >= 0.3 is 0 Å². The largest absolute Gasteiger partial charge is 0.493 e. The highest BCUT2D eigenvalue weighted by Crippen LogP contribution is 2.22. The molecule has 0 radical (unpaired) electrons. The molecule has 27 heavy (non-hydrogen) atoms. The molecule has 1 heterocycles. The summed E-state index contributed by atoms with van der Waals surface area (Å²) in [5, 5.41) is 11.6. The van der Waals surface area contributed by atoms with Gasteiger partial charge in [-0.2, -0.15) is 5.26 Å². The summed E-state index contributed by atoms with van der Waals surface area (Å²) in [7, 11) is 0. The van der Waals surface area contributed by atoms with E-state index in [1.807, 2.05) is 38.1 Å². The smallest absolute Gasteiger partial charge is 0.242 e. The van der Waals surface area contributed by atoms with Gasteiger partial charge in [-0.3, -0.25) is 9.69 Å². The Morgan fingerprint density at radius 1 is 1.37 bits per heavy atom. The first-order chi connectivity index (χ1) is 12.9. The molecule has 1 amide bonds. The first-order valence-corrected chi connectivity index (χ1v) is 9.71. The molecule has 0 spiro atoms. The number of ether oxygens (including phenoxy) is 2. The molecule has 1 aromatic rings. The standard InChI is InChI=1S/C21H31N3O3/c1-15(2)20(24-13-16(3)27-17(4)14-24)21(25)23-18-8-7-9-19(12-18)26-11-6-5-10-22/h7-9,12,15-17,20H,5-6,11,13-14H2,1-4H3,(H,23,25). The van der Waals surface area contributed by atoms with Crippen molar-refractivity contribution >= 4 is 11.6 Å². The molecule has 1 aliphatic heterocycles. The van der Waals surface area contributed by atoms with Crippen molar-refractivity contribution in [1.82, 2.24) is 4.90 Å². The van der Waals surface area contributed by atoms with E-state index in [0.717, 1.165) is 18.8 Å². The lowest BCUT2D eigenvalue weighted by atomic mass is 9.99. The maximum Gasteiger partial charge on any atom is 0.242 e. The summed E-state index contributed by atoms with van der Waals surface area (Å²) in [6.45, 7) is 10.2. The fourth-order valence-electron chi connectivity index (χ4n) is 3.56. The van der Waals surface area contributed by atoms with Crippen LogP contribution in [-0.4, -0.2) is 48.8 Å². The number of nitrogens with one attached hydrogen (secondary N) is 1. The van der Waals surface area contributed by atoms with Gasteiger partial charge in [0.15, 0.2) is 0 Å². The van der Waals surface area contributed by atoms with Crippen LogP contribution in [-0.2, 0) is 9.53 Å². The molecule has 0 aromatic heterocycles. The molecular formula is C21H31N3O3. The van der Waals surface area contributed by atoms with Crippen LogP contribution < -0.4 is 10.1 Å². The highest BCUT2D eigenvalue weighted by Gasteiger charge is 2.34. The van der Waals surface area contributed by atoms with Crippen LogP contribution in [0.3, 0.4) is 0 Å². The molecular weight excluding hydrogens is 342 g/mol. The first-order valence-electron chi connectivity index (χ1n) is 9.71. The minimum atomic E-state index is -0.209. The second-order valence-corrected chi connectivity index (χ2v) is 7.53. The number of morpholine rings is 1. The van der Waals surface area contributed by atoms with E-state index in [1.54, 1.807) is 0 Å². The van der Waals surface area contributed by atoms with Gasteiger partial charge in [0, 0.05) is 31.3 Å². The molecule has 0 aliphatic carbocycles. The summed E-state index contributed by atoms with van der Waals surface area (Å²) < 4.78 is 11.5. The fraction of sp³-hybridized carbons (Fsp3) is 0.619. The van der Waals surface area contributed by atoms with Gasteiger partial charge in [-0.05, 0) is 38.3 Å². The molecule has 0 bridgehead atoms. The number of carbonyl (C=O) groups is 1. The average molecular weight is 373 g/mol. The molecule has 6 heteroatoms. The van der Waals surface area contributed by atoms with Crippen LogP contribution in [0.2, 0.25) is 0 Å². The van der Waals surface area contributed by atoms with E-state index in [9.17, 15) is 4.79 Å². The van der Waals surface area contributed by atoms with E-state index in [0.29, 0.717) is 25.2 Å². The lowest BCUT2D eigenvalue weighted by molar-refractivity contribution is -0.130. The number of carbonyl (C=O) groups excluding carboxylic acids is 1. The van der Waals surface area contributed by atoms with Crippen LogP contribution in [0.25, 0.3) is 0 Å². The Morgan fingerprint density at radius 3 is 2.70 bits per heavy atom. The number of benzene rings is 1. The maximum atomic E-state index is 13.0. The van der Waals surface area contributed by atoms with Crippen molar-refractivity contribution in [2.75, 3.05) is 25.0 Å². The van der Waals surface area contributed by atoms with E-state index in [4.69, 9.17) is 14.7 Å². The summed E-state index contributed by atoms with van der Waals surface area (Å²) in [5.41, 5.74) is 0.720. The van der Waals surface area contributed by atoms with Crippen molar-refractivity contribution in [3.63, 3.8) is 0 Å². The van der Waals surface area contributed by atoms with E-state index >= 15 is 0 Å². The molecule has 2 rings (SSSR count). The molecule has 3 unspecified atom stereocenters. The topological polar surface area (TPSA) is 74.6 Å². The van der Waals surface area contributed by atoms with Crippen molar-refractivity contribution in [3.05, 3.63) is 24.3 Å². The number of nitrogens with zero attached hydrogens (tertiary/aromatic N) is 2. The van der Waals surface area contributed by atoms with Crippen molar-refractivity contribution in [2.45, 2.75) is 58.8 Å². The predicted octanol–water partition coefficient (Wildman–Crippen LogP) is 3.44. The van der Waals surface area contributed by atoms with Gasteiger partial charge in [0.1, 0.15) is 5.75 Å². The van der Waals surface area contributed by atoms with Crippen LogP contribution in [0.1, 0.15) is 40.5 Å². The van der Waals surface area contributed by atoms with Crippen molar-refractivity contribution < 1.29 is 14.3 Å². The molecule has 1 aliphatic rings. The average Bonchev–Trinajstić information content (AvgIpc) is 2.58. The number of amides is 1. The minimum Gasteiger partial charge on any atom is -0.493 e. The first kappa shape index (κ1) is 21.2. The zero-order valence-electron chi connectivity index (χ0n) is 16.8. The number of hydrogen-bond donors (Lipinski definition) is 1. The van der Waals surface area contributed by atoms with Gasteiger partial charge in [-0.25, -0.2) is 0 Å². The predicted molar refractivity (Wildman–Crippen MR) is 106 cm³/mol. The van der Waals surface area contributed by atoms with Crippen molar-refractivity contribution in [1.29, 1.82) is 5.26 Å². The summed E-state index contributed by atoms with van der Waals surface area (Å²) >= 11 is 0. The Bertz CT molecular complexity index is 646. The number of unbranched alkanes of at least 4 members (excludes halogenated alkanes) is 1. The van der Waals surface area contributed by atoms with Gasteiger partial charge in [-0.1, -0.05) is 19.9 Å². The molecule has 3 atom stereocenters. The van der Waals surface area contributed by atoms with Crippen LogP contribution in [0.15, 0.2) is 24.3 Å². The van der Waals surface area contributed by atoms with Gasteiger partial charge in [-0.15, -0.1) is 0 Å². The number of anilines is 1. The summed E-state index contributed by atoms with van der Waals surface area (Å²) in [5.74, 6) is 0.876. The molecule has 1 saturated heterocycles. The van der Waals surface area contributed by atoms with E-state index in [2.05, 4.69) is 30.1 Å². The Morgan fingerprint density at radius 2 is 2.07 bits per heavy atom. The maximum absolute atomic E-state index is 13.0. The quantitative estimate of drug-likeness (QED) is 0.707. The van der Waals surface area contributed by atoms with Gasteiger partial charge in [0.25, 0.3) is 0 Å². The Hall–Kier alpha value is -2.10. The lowest BCUT2D eigenvalue weighted by Gasteiger charge is -2.41. The Balaban J connectivity index is 2.01. The highest BCUT2D eigenvalue weighted by molar-refractivity contribution is 5.95. The zero-order valence-corrected chi connectivity index (χ0v) is 16.8. The summed E-state index contributed by atoms with van der Waals surface area (Å²) in [6, 6.07) is 9.29. The highest BCUT2D eigenvalue weighted by atomic mass is 16.5. The molecule has 1 aromatic carbocycles. The van der Waals surface area contributed by atoms with Crippen LogP contribution in [0.5, 0.6) is 5.75 Å². The summed E-state index contributed by atoms with van der Waals surface area (Å²) in [4.78, 5) is 15.2. The van der Waals surface area contributed by atoms with Crippen LogP contribution >= 0.6 is 0 Å². The van der Waals surface area contributed by atoms with Gasteiger partial charge < -0.3 is 14.8 Å². The third kappa shape index (κ3) is 6.53. The van der Waals surface area contributed by atoms with Crippen LogP contribution in [0.4, 0.5) is 5.69 Å². The number of hydrogen-bond acceptors (Lipinski definition) is 5. The lowest BCUT2D eigenvalue weighted by Crippen LogP contribution is -2.55. The second-order valence-electron chi connectivity index (χ2n) is 7.53. The monoisotopic (exact) mass is 373 g/mol. The molecule has 148 valence electrons. The SMILES string of the molecule is CC1CN(C(C(=O)Nc2cccc(OCCCC#N)c2)C(C)C)CC(C)O1. The fourth-order valence-corrected chi connectivity index (χ4v) is 3.56. The number of rotatable bonds is 8. The third-order valence-corrected chi connectivity index (χ3v) is 4.54. The van der Waals surface area contributed by atoms with Crippen molar-refractivity contribution in [2.24, 2.45) is 5.92 Å². The number of nitriles is 1. The molecule has 6 nitrogen and oxygen atoms in total. The van der Waals surface area contributed by atoms with Crippen molar-refractivity contribution in [3.8, 4) is 11.8 Å². The van der Waals surface area contributed by atoms with Crippen LogP contribution in [0, 0.1) is 17.2 Å². The van der Waals surface area contributed by atoms with E-state index < -0.39 is 0 Å². The Labute approximate surface area is 162 Å². The van der Waals surface area contributed by atoms with Gasteiger partial charge in [0.2, 0.25) is 5.91 Å². The van der Waals surface area contributed by atoms with E-state index in [-0.39, 0.29) is 30.1 Å². The van der Waals surface area contributed by atoms with E-state index in [1.165, 1.54) is 0 Å². The molecule has 1 fully saturated rings. The Kier molecular flexibility index (Phi) is 8.08. The van der Waals surface area contributed by atoms with Gasteiger partial charge in [0.05, 0.1) is 30.9 Å². The second kappa shape index (κ2) is 10.3. The normalized spacial score (nSPS) is 21.5. The minimum absolute atomic E-state index is 0.00655. The third-order valence-electron chi connectivity index (χ3n) is 4.54. The zero-order chi connectivity index (χ0) is 19.8. The summed E-state index contributed by atoms with van der Waals surface area (Å²) in [6.07, 6.45) is 1.40.